The van der Waals surface area contributed by atoms with Gasteiger partial charge in [0.2, 0.25) is 0 Å². The molecule has 0 saturated heterocycles. The van der Waals surface area contributed by atoms with E-state index < -0.39 is 0 Å². The van der Waals surface area contributed by atoms with Crippen LogP contribution in [0.15, 0.2) is 0 Å². The van der Waals surface area contributed by atoms with Gasteiger partial charge >= 0.3 is 0 Å². The smallest absolute Gasteiger partial charge is 0.266 e. The number of aliphatic hydroxyl groups is 1. The summed E-state index contributed by atoms with van der Waals surface area (Å²) in [4.78, 5) is 18.7. The number of nitrogens with zero attached hydrogens (tertiary/aromatic N) is 2. The zero-order valence-corrected chi connectivity index (χ0v) is 11.2. The van der Waals surface area contributed by atoms with Crippen LogP contribution in [-0.4, -0.2) is 54.3 Å². The number of carbonyl (C=O) groups is 1. The van der Waals surface area contributed by atoms with E-state index in [2.05, 4.69) is 4.98 Å². The van der Waals surface area contributed by atoms with Crippen LogP contribution in [-0.2, 0) is 4.74 Å². The summed E-state index contributed by atoms with van der Waals surface area (Å²) in [6.45, 7) is 4.91. The molecule has 0 bridgehead atoms. The Morgan fingerprint density at radius 1 is 1.47 bits per heavy atom. The molecule has 1 N–H and O–H groups in total. The van der Waals surface area contributed by atoms with Gasteiger partial charge < -0.3 is 14.7 Å². The Balaban J connectivity index is 2.79. The average molecular weight is 258 g/mol. The van der Waals surface area contributed by atoms with Gasteiger partial charge in [0.05, 0.1) is 23.9 Å². The zero-order chi connectivity index (χ0) is 12.8. The van der Waals surface area contributed by atoms with Gasteiger partial charge in [-0.25, -0.2) is 4.98 Å². The predicted molar refractivity (Wildman–Crippen MR) is 66.5 cm³/mol. The number of aliphatic hydroxyl groups excluding tert-OH is 1. The van der Waals surface area contributed by atoms with Gasteiger partial charge in [-0.15, -0.1) is 11.3 Å². The normalized spacial score (nSPS) is 10.6. The Hall–Kier alpha value is -0.980. The second-order valence-electron chi connectivity index (χ2n) is 3.66. The lowest BCUT2D eigenvalue weighted by Crippen LogP contribution is -2.36. The van der Waals surface area contributed by atoms with Crippen molar-refractivity contribution in [3.8, 4) is 0 Å². The molecule has 1 aromatic heterocycles. The Morgan fingerprint density at radius 2 is 2.18 bits per heavy atom. The van der Waals surface area contributed by atoms with Gasteiger partial charge in [0, 0.05) is 20.2 Å². The highest BCUT2D eigenvalue weighted by Crippen LogP contribution is 2.19. The number of ether oxygens (including phenoxy) is 1. The number of amides is 1. The third kappa shape index (κ3) is 3.76. The van der Waals surface area contributed by atoms with E-state index in [1.807, 2.05) is 13.8 Å². The van der Waals surface area contributed by atoms with Crippen LogP contribution in [0.1, 0.15) is 20.4 Å². The van der Waals surface area contributed by atoms with Crippen molar-refractivity contribution >= 4 is 17.2 Å². The number of carbonyl (C=O) groups excluding carboxylic acids is 1. The molecular weight excluding hydrogens is 240 g/mol. The van der Waals surface area contributed by atoms with E-state index in [0.717, 1.165) is 10.7 Å². The van der Waals surface area contributed by atoms with E-state index in [1.165, 1.54) is 11.3 Å². The molecular formula is C11H18N2O3S. The summed E-state index contributed by atoms with van der Waals surface area (Å²) < 4.78 is 4.95. The van der Waals surface area contributed by atoms with E-state index in [1.54, 1.807) is 12.0 Å². The van der Waals surface area contributed by atoms with E-state index in [4.69, 9.17) is 9.84 Å². The molecule has 0 fully saturated rings. The second-order valence-corrected chi connectivity index (χ2v) is 4.86. The third-order valence-corrected chi connectivity index (χ3v) is 3.38. The van der Waals surface area contributed by atoms with Gasteiger partial charge in [0.25, 0.3) is 5.91 Å². The highest BCUT2D eigenvalue weighted by Gasteiger charge is 2.20. The topological polar surface area (TPSA) is 62.7 Å². The Bertz CT molecular complexity index is 379. The van der Waals surface area contributed by atoms with Gasteiger partial charge in [0.1, 0.15) is 4.88 Å². The van der Waals surface area contributed by atoms with Crippen LogP contribution in [0.2, 0.25) is 0 Å². The molecule has 96 valence electrons. The highest BCUT2D eigenvalue weighted by molar-refractivity contribution is 7.13. The molecule has 1 amide bonds. The predicted octanol–water partition coefficient (Wildman–Crippen LogP) is 0.841. The van der Waals surface area contributed by atoms with Crippen molar-refractivity contribution in [3.63, 3.8) is 0 Å². The van der Waals surface area contributed by atoms with Crippen LogP contribution < -0.4 is 0 Å². The number of aromatic nitrogens is 1. The Morgan fingerprint density at radius 3 is 2.65 bits per heavy atom. The molecule has 0 aliphatic heterocycles. The minimum atomic E-state index is -0.0841. The van der Waals surface area contributed by atoms with Crippen LogP contribution in [0.4, 0.5) is 0 Å². The summed E-state index contributed by atoms with van der Waals surface area (Å²) in [5.41, 5.74) is 0.748. The average Bonchev–Trinajstić information content (AvgIpc) is 2.63. The Kier molecular flexibility index (Phi) is 5.54. The highest BCUT2D eigenvalue weighted by atomic mass is 32.1. The number of aryl methyl sites for hydroxylation is 2. The molecule has 0 unspecified atom stereocenters. The van der Waals surface area contributed by atoms with E-state index in [-0.39, 0.29) is 12.5 Å². The second kappa shape index (κ2) is 6.68. The number of thiazole rings is 1. The van der Waals surface area contributed by atoms with E-state index in [9.17, 15) is 4.79 Å². The van der Waals surface area contributed by atoms with Crippen LogP contribution in [0, 0.1) is 13.8 Å². The molecule has 0 atom stereocenters. The zero-order valence-electron chi connectivity index (χ0n) is 10.4. The third-order valence-electron chi connectivity index (χ3n) is 2.32. The molecule has 0 aromatic carbocycles. The summed E-state index contributed by atoms with van der Waals surface area (Å²) in [5, 5.41) is 9.84. The lowest BCUT2D eigenvalue weighted by Gasteiger charge is -2.20. The fraction of sp³-hybridized carbons (Fsp3) is 0.636. The van der Waals surface area contributed by atoms with Crippen molar-refractivity contribution in [3.05, 3.63) is 15.6 Å². The molecule has 0 spiro atoms. The lowest BCUT2D eigenvalue weighted by atomic mass is 10.3. The van der Waals surface area contributed by atoms with Gasteiger partial charge in [-0.2, -0.15) is 0 Å². The minimum absolute atomic E-state index is 0.0493. The summed E-state index contributed by atoms with van der Waals surface area (Å²) in [5.74, 6) is -0.0841. The van der Waals surface area contributed by atoms with Gasteiger partial charge in [-0.3, -0.25) is 4.79 Å². The molecule has 5 nitrogen and oxygen atoms in total. The number of hydrogen-bond acceptors (Lipinski definition) is 5. The van der Waals surface area contributed by atoms with Crippen LogP contribution in [0.5, 0.6) is 0 Å². The summed E-state index contributed by atoms with van der Waals surface area (Å²) in [6, 6.07) is 0. The molecule has 0 aliphatic carbocycles. The first-order chi connectivity index (χ1) is 8.10. The van der Waals surface area contributed by atoms with E-state index in [0.29, 0.717) is 24.6 Å². The molecule has 1 rings (SSSR count). The fourth-order valence-electron chi connectivity index (χ4n) is 1.51. The molecule has 0 radical (unpaired) electrons. The number of methoxy groups -OCH3 is 1. The number of hydrogen-bond donors (Lipinski definition) is 1. The SMILES string of the molecule is COCCN(CCO)C(=O)c1sc(C)nc1C. The van der Waals surface area contributed by atoms with Gasteiger partial charge in [-0.1, -0.05) is 0 Å². The van der Waals surface area contributed by atoms with Crippen molar-refractivity contribution in [1.82, 2.24) is 9.88 Å². The van der Waals surface area contributed by atoms with Gasteiger partial charge in [0.15, 0.2) is 0 Å². The molecule has 17 heavy (non-hydrogen) atoms. The molecule has 0 saturated carbocycles. The molecule has 6 heteroatoms. The van der Waals surface area contributed by atoms with Crippen LogP contribution >= 0.6 is 11.3 Å². The quantitative estimate of drug-likeness (QED) is 0.821. The first-order valence-electron chi connectivity index (χ1n) is 5.43. The summed E-state index contributed by atoms with van der Waals surface area (Å²) in [7, 11) is 1.59. The summed E-state index contributed by atoms with van der Waals surface area (Å²) >= 11 is 1.39. The summed E-state index contributed by atoms with van der Waals surface area (Å²) in [6.07, 6.45) is 0. The number of rotatable bonds is 6. The molecule has 1 heterocycles. The van der Waals surface area contributed by atoms with Crippen molar-refractivity contribution in [1.29, 1.82) is 0 Å². The first kappa shape index (κ1) is 14.1. The van der Waals surface area contributed by atoms with Crippen molar-refractivity contribution in [2.45, 2.75) is 13.8 Å². The van der Waals surface area contributed by atoms with Crippen LogP contribution in [0.25, 0.3) is 0 Å². The maximum absolute atomic E-state index is 12.2. The minimum Gasteiger partial charge on any atom is -0.395 e. The molecule has 1 aromatic rings. The maximum atomic E-state index is 12.2. The van der Waals surface area contributed by atoms with Crippen molar-refractivity contribution in [2.24, 2.45) is 0 Å². The monoisotopic (exact) mass is 258 g/mol. The van der Waals surface area contributed by atoms with Gasteiger partial charge in [-0.05, 0) is 13.8 Å². The maximum Gasteiger partial charge on any atom is 0.266 e. The standard InChI is InChI=1S/C11H18N2O3S/c1-8-10(17-9(2)12-8)11(15)13(4-6-14)5-7-16-3/h14H,4-7H2,1-3H3. The van der Waals surface area contributed by atoms with Crippen LogP contribution in [0.3, 0.4) is 0 Å². The van der Waals surface area contributed by atoms with Crippen molar-refractivity contribution in [2.75, 3.05) is 33.4 Å². The first-order valence-corrected chi connectivity index (χ1v) is 6.25. The van der Waals surface area contributed by atoms with E-state index >= 15 is 0 Å². The van der Waals surface area contributed by atoms with Crippen molar-refractivity contribution < 1.29 is 14.6 Å². The Labute approximate surface area is 105 Å². The largest absolute Gasteiger partial charge is 0.395 e. The lowest BCUT2D eigenvalue weighted by molar-refractivity contribution is 0.0660. The molecule has 0 aliphatic rings. The fourth-order valence-corrected chi connectivity index (χ4v) is 2.40.